The van der Waals surface area contributed by atoms with Crippen molar-refractivity contribution in [2.75, 3.05) is 25.6 Å². The molecular weight excluding hydrogens is 194 g/mol. The summed E-state index contributed by atoms with van der Waals surface area (Å²) in [6.45, 7) is 2.32. The molecule has 0 atom stereocenters. The number of hydrogen-bond acceptors (Lipinski definition) is 5. The molecule has 0 bridgehead atoms. The summed E-state index contributed by atoms with van der Waals surface area (Å²) in [7, 11) is 1.80. The van der Waals surface area contributed by atoms with Gasteiger partial charge in [0.25, 0.3) is 0 Å². The zero-order chi connectivity index (χ0) is 11.1. The summed E-state index contributed by atoms with van der Waals surface area (Å²) >= 11 is 0. The minimum atomic E-state index is -0.0119. The maximum atomic E-state index is 8.64. The van der Waals surface area contributed by atoms with E-state index in [2.05, 4.69) is 22.2 Å². The molecular formula is C10H17N3O2. The number of nitrogens with one attached hydrogen (secondary N) is 1. The van der Waals surface area contributed by atoms with E-state index in [4.69, 9.17) is 9.84 Å². The number of aryl methyl sites for hydroxylation is 1. The molecule has 0 aliphatic carbocycles. The lowest BCUT2D eigenvalue weighted by atomic mass is 10.3. The lowest BCUT2D eigenvalue weighted by Crippen LogP contribution is -2.07. The molecule has 0 amide bonds. The van der Waals surface area contributed by atoms with Crippen LogP contribution in [0.1, 0.15) is 19.2 Å². The highest BCUT2D eigenvalue weighted by Gasteiger charge is 2.03. The van der Waals surface area contributed by atoms with Crippen molar-refractivity contribution in [1.82, 2.24) is 9.97 Å². The predicted octanol–water partition coefficient (Wildman–Crippen LogP) is 0.842. The molecule has 5 heteroatoms. The van der Waals surface area contributed by atoms with Crippen molar-refractivity contribution in [3.63, 3.8) is 0 Å². The monoisotopic (exact) mass is 211 g/mol. The maximum Gasteiger partial charge on any atom is 0.218 e. The Morgan fingerprint density at radius 3 is 2.87 bits per heavy atom. The van der Waals surface area contributed by atoms with Crippen molar-refractivity contribution >= 4 is 5.82 Å². The van der Waals surface area contributed by atoms with Crippen LogP contribution in [-0.2, 0) is 6.42 Å². The Kier molecular flexibility index (Phi) is 4.83. The van der Waals surface area contributed by atoms with Crippen molar-refractivity contribution in [3.05, 3.63) is 11.9 Å². The van der Waals surface area contributed by atoms with Gasteiger partial charge in [0.2, 0.25) is 5.88 Å². The molecule has 0 aliphatic rings. The van der Waals surface area contributed by atoms with Crippen LogP contribution in [0.4, 0.5) is 5.82 Å². The second-order valence-electron chi connectivity index (χ2n) is 3.08. The number of aromatic nitrogens is 2. The highest BCUT2D eigenvalue weighted by molar-refractivity contribution is 5.37. The molecule has 5 nitrogen and oxygen atoms in total. The molecule has 0 aliphatic heterocycles. The van der Waals surface area contributed by atoms with Crippen molar-refractivity contribution in [2.24, 2.45) is 0 Å². The van der Waals surface area contributed by atoms with Crippen LogP contribution in [0.25, 0.3) is 0 Å². The lowest BCUT2D eigenvalue weighted by Gasteiger charge is -2.07. The summed E-state index contributed by atoms with van der Waals surface area (Å²) in [4.78, 5) is 8.51. The first-order valence-electron chi connectivity index (χ1n) is 5.09. The quantitative estimate of drug-likeness (QED) is 0.730. The Morgan fingerprint density at radius 1 is 1.47 bits per heavy atom. The van der Waals surface area contributed by atoms with Gasteiger partial charge >= 0.3 is 0 Å². The summed E-state index contributed by atoms with van der Waals surface area (Å²) in [6.07, 6.45) is 1.82. The zero-order valence-electron chi connectivity index (χ0n) is 9.16. The molecule has 0 radical (unpaired) electrons. The first-order valence-corrected chi connectivity index (χ1v) is 5.09. The number of ether oxygens (including phenoxy) is 1. The van der Waals surface area contributed by atoms with Crippen molar-refractivity contribution in [2.45, 2.75) is 19.8 Å². The Labute approximate surface area is 89.5 Å². The van der Waals surface area contributed by atoms with Gasteiger partial charge in [0.1, 0.15) is 18.2 Å². The number of hydrogen-bond donors (Lipinski definition) is 2. The van der Waals surface area contributed by atoms with Crippen LogP contribution in [-0.4, -0.2) is 35.3 Å². The molecule has 1 aromatic heterocycles. The fourth-order valence-corrected chi connectivity index (χ4v) is 1.16. The van der Waals surface area contributed by atoms with E-state index in [1.54, 1.807) is 13.1 Å². The summed E-state index contributed by atoms with van der Waals surface area (Å²) < 4.78 is 5.24. The lowest BCUT2D eigenvalue weighted by molar-refractivity contribution is 0.196. The van der Waals surface area contributed by atoms with Gasteiger partial charge in [-0.05, 0) is 6.42 Å². The third-order valence-electron chi connectivity index (χ3n) is 1.82. The fraction of sp³-hybridized carbons (Fsp3) is 0.600. The van der Waals surface area contributed by atoms with Gasteiger partial charge in [-0.1, -0.05) is 6.92 Å². The minimum absolute atomic E-state index is 0.0119. The Morgan fingerprint density at radius 2 is 2.27 bits per heavy atom. The molecule has 0 aromatic carbocycles. The largest absolute Gasteiger partial charge is 0.475 e. The van der Waals surface area contributed by atoms with Gasteiger partial charge in [-0.3, -0.25) is 0 Å². The highest BCUT2D eigenvalue weighted by Crippen LogP contribution is 2.13. The predicted molar refractivity (Wildman–Crippen MR) is 58.2 cm³/mol. The molecule has 1 heterocycles. The summed E-state index contributed by atoms with van der Waals surface area (Å²) in [6, 6.07) is 1.72. The minimum Gasteiger partial charge on any atom is -0.475 e. The number of rotatable bonds is 6. The third-order valence-corrected chi connectivity index (χ3v) is 1.82. The first-order chi connectivity index (χ1) is 7.30. The van der Waals surface area contributed by atoms with Crippen molar-refractivity contribution in [1.29, 1.82) is 0 Å². The van der Waals surface area contributed by atoms with E-state index in [1.165, 1.54) is 0 Å². The van der Waals surface area contributed by atoms with Crippen LogP contribution < -0.4 is 10.1 Å². The van der Waals surface area contributed by atoms with Gasteiger partial charge in [-0.15, -0.1) is 0 Å². The standard InChI is InChI=1S/C10H17N3O2/c1-3-4-8-12-9(11-2)7-10(13-8)15-6-5-14/h7,14H,3-6H2,1-2H3,(H,11,12,13). The first kappa shape index (κ1) is 11.7. The van der Waals surface area contributed by atoms with E-state index in [0.717, 1.165) is 24.5 Å². The van der Waals surface area contributed by atoms with Crippen LogP contribution in [0.5, 0.6) is 5.88 Å². The van der Waals surface area contributed by atoms with Crippen molar-refractivity contribution in [3.8, 4) is 5.88 Å². The van der Waals surface area contributed by atoms with E-state index in [9.17, 15) is 0 Å². The number of nitrogens with zero attached hydrogens (tertiary/aromatic N) is 2. The molecule has 84 valence electrons. The molecule has 0 saturated carbocycles. The van der Waals surface area contributed by atoms with Gasteiger partial charge in [-0.2, -0.15) is 4.98 Å². The second kappa shape index (κ2) is 6.19. The molecule has 2 N–H and O–H groups in total. The van der Waals surface area contributed by atoms with Crippen molar-refractivity contribution < 1.29 is 9.84 Å². The molecule has 15 heavy (non-hydrogen) atoms. The molecule has 0 spiro atoms. The molecule has 1 rings (SSSR count). The van der Waals surface area contributed by atoms with Gasteiger partial charge < -0.3 is 15.2 Å². The van der Waals surface area contributed by atoms with E-state index in [0.29, 0.717) is 5.88 Å². The smallest absolute Gasteiger partial charge is 0.218 e. The Hall–Kier alpha value is -1.36. The average molecular weight is 211 g/mol. The van der Waals surface area contributed by atoms with Gasteiger partial charge in [0.05, 0.1) is 6.61 Å². The Bertz CT molecular complexity index is 305. The van der Waals surface area contributed by atoms with Gasteiger partial charge in [-0.25, -0.2) is 4.98 Å². The summed E-state index contributed by atoms with van der Waals surface area (Å²) in [5, 5.41) is 11.6. The van der Waals surface area contributed by atoms with Gasteiger partial charge in [0.15, 0.2) is 0 Å². The summed E-state index contributed by atoms with van der Waals surface area (Å²) in [5.41, 5.74) is 0. The zero-order valence-corrected chi connectivity index (χ0v) is 9.16. The van der Waals surface area contributed by atoms with Crippen LogP contribution in [0.2, 0.25) is 0 Å². The SMILES string of the molecule is CCCc1nc(NC)cc(OCCO)n1. The third kappa shape index (κ3) is 3.71. The van der Waals surface area contributed by atoms with Crippen LogP contribution in [0, 0.1) is 0 Å². The van der Waals surface area contributed by atoms with E-state index >= 15 is 0 Å². The van der Waals surface area contributed by atoms with Gasteiger partial charge in [0, 0.05) is 19.5 Å². The number of anilines is 1. The molecule has 1 aromatic rings. The molecule has 0 unspecified atom stereocenters. The van der Waals surface area contributed by atoms with E-state index in [-0.39, 0.29) is 13.2 Å². The molecule has 0 fully saturated rings. The van der Waals surface area contributed by atoms with E-state index < -0.39 is 0 Å². The van der Waals surface area contributed by atoms with Crippen LogP contribution in [0.3, 0.4) is 0 Å². The normalized spacial score (nSPS) is 10.1. The highest BCUT2D eigenvalue weighted by atomic mass is 16.5. The maximum absolute atomic E-state index is 8.64. The number of aliphatic hydroxyl groups excluding tert-OH is 1. The van der Waals surface area contributed by atoms with E-state index in [1.807, 2.05) is 0 Å². The topological polar surface area (TPSA) is 67.3 Å². The Balaban J connectivity index is 2.79. The summed E-state index contributed by atoms with van der Waals surface area (Å²) in [5.74, 6) is 2.01. The molecule has 0 saturated heterocycles. The van der Waals surface area contributed by atoms with Crippen LogP contribution in [0.15, 0.2) is 6.07 Å². The van der Waals surface area contributed by atoms with Crippen LogP contribution >= 0.6 is 0 Å². The average Bonchev–Trinajstić information content (AvgIpc) is 2.26. The number of aliphatic hydroxyl groups is 1. The fourth-order valence-electron chi connectivity index (χ4n) is 1.16. The second-order valence-corrected chi connectivity index (χ2v) is 3.08.